The molecule has 1 heterocycles. The molecule has 32 heavy (non-hydrogen) atoms. The number of aromatic nitrogens is 1. The van der Waals surface area contributed by atoms with Crippen molar-refractivity contribution in [1.82, 2.24) is 9.71 Å². The summed E-state index contributed by atoms with van der Waals surface area (Å²) in [7, 11) is -3.27. The van der Waals surface area contributed by atoms with E-state index >= 15 is 0 Å². The van der Waals surface area contributed by atoms with Crippen molar-refractivity contribution in [3.8, 4) is 11.3 Å². The van der Waals surface area contributed by atoms with Crippen LogP contribution in [0.2, 0.25) is 0 Å². The molecule has 0 bridgehead atoms. The van der Waals surface area contributed by atoms with Crippen molar-refractivity contribution in [3.63, 3.8) is 0 Å². The third-order valence-corrected chi connectivity index (χ3v) is 6.70. The molecular formula is C22H24F3N3O3S. The first kappa shape index (κ1) is 23.8. The number of halogens is 3. The zero-order valence-electron chi connectivity index (χ0n) is 17.4. The van der Waals surface area contributed by atoms with Gasteiger partial charge in [0, 0.05) is 11.5 Å². The Bertz CT molecular complexity index is 1220. The third-order valence-electron chi connectivity index (χ3n) is 5.36. The Morgan fingerprint density at radius 3 is 2.31 bits per heavy atom. The van der Waals surface area contributed by atoms with E-state index in [2.05, 4.69) is 10.7 Å². The molecule has 0 saturated heterocycles. The van der Waals surface area contributed by atoms with E-state index in [1.807, 2.05) is 4.72 Å². The van der Waals surface area contributed by atoms with E-state index in [4.69, 9.17) is 0 Å². The maximum Gasteiger partial charge on any atom is 0.232 e. The van der Waals surface area contributed by atoms with Crippen LogP contribution in [0.15, 0.2) is 36.4 Å². The van der Waals surface area contributed by atoms with Crippen LogP contribution in [-0.2, 0) is 14.8 Å². The van der Waals surface area contributed by atoms with E-state index in [0.717, 1.165) is 42.1 Å². The molecule has 2 aromatic carbocycles. The highest BCUT2D eigenvalue weighted by Gasteiger charge is 2.27. The zero-order chi connectivity index (χ0) is 23.5. The number of sulfonamides is 1. The number of fused-ring (bicyclic) bond motifs is 1. The molecule has 0 radical (unpaired) electrons. The van der Waals surface area contributed by atoms with Crippen LogP contribution < -0.4 is 10.5 Å². The van der Waals surface area contributed by atoms with Gasteiger partial charge in [0.15, 0.2) is 0 Å². The molecular weight excluding hydrogens is 443 g/mol. The summed E-state index contributed by atoms with van der Waals surface area (Å²) >= 11 is 0. The zero-order valence-corrected chi connectivity index (χ0v) is 18.2. The van der Waals surface area contributed by atoms with Crippen LogP contribution in [-0.4, -0.2) is 31.6 Å². The molecule has 1 amide bonds. The Morgan fingerprint density at radius 2 is 1.78 bits per heavy atom. The molecule has 0 spiro atoms. The maximum absolute atomic E-state index is 14.1. The van der Waals surface area contributed by atoms with E-state index in [9.17, 15) is 26.4 Å². The van der Waals surface area contributed by atoms with E-state index < -0.39 is 27.6 Å². The fraction of sp³-hybridized carbons (Fsp3) is 0.318. The first-order chi connectivity index (χ1) is 15.1. The lowest BCUT2D eigenvalue weighted by Gasteiger charge is -2.26. The van der Waals surface area contributed by atoms with Gasteiger partial charge in [-0.25, -0.2) is 26.3 Å². The number of carbonyl (C=O) groups excluding carboxylic acids is 1. The summed E-state index contributed by atoms with van der Waals surface area (Å²) in [5.41, 5.74) is 7.52. The minimum atomic E-state index is -3.27. The molecule has 0 aliphatic heterocycles. The van der Waals surface area contributed by atoms with Gasteiger partial charge in [-0.1, -0.05) is 6.42 Å². The van der Waals surface area contributed by atoms with Gasteiger partial charge < -0.3 is 10.7 Å². The summed E-state index contributed by atoms with van der Waals surface area (Å²) in [5.74, 6) is -1.91. The summed E-state index contributed by atoms with van der Waals surface area (Å²) in [4.78, 5) is 13.1. The Labute approximate surface area is 184 Å². The lowest BCUT2D eigenvalue weighted by atomic mass is 9.78. The Balaban J connectivity index is 0.000000247. The predicted molar refractivity (Wildman–Crippen MR) is 117 cm³/mol. The Kier molecular flexibility index (Phi) is 7.25. The number of primary amides is 1. The number of nitrogens with one attached hydrogen (secondary N) is 2. The quantitative estimate of drug-likeness (QED) is 0.512. The minimum absolute atomic E-state index is 0.0414. The van der Waals surface area contributed by atoms with Gasteiger partial charge in [0.25, 0.3) is 0 Å². The highest BCUT2D eigenvalue weighted by atomic mass is 32.2. The molecule has 0 atom stereocenters. The van der Waals surface area contributed by atoms with Crippen LogP contribution in [0.1, 0.15) is 37.7 Å². The standard InChI is InChI=1S/C18H14F3N.C4H10N2O3S/c19-12-6-4-11(5-7-12)17-16(10-2-1-3-10)14-8-13(20)9-15(21)18(14)22-17;1-2-10(8,9)6-3-4(5)7/h4-10,22H,1-3H2;6H,2-3H2,1H3,(H2,5,7). The van der Waals surface area contributed by atoms with Gasteiger partial charge in [-0.2, -0.15) is 0 Å². The van der Waals surface area contributed by atoms with Gasteiger partial charge >= 0.3 is 0 Å². The molecule has 172 valence electrons. The number of hydrogen-bond acceptors (Lipinski definition) is 3. The second-order valence-electron chi connectivity index (χ2n) is 7.55. The molecule has 10 heteroatoms. The lowest BCUT2D eigenvalue weighted by Crippen LogP contribution is -2.34. The van der Waals surface area contributed by atoms with Crippen molar-refractivity contribution >= 4 is 26.8 Å². The van der Waals surface area contributed by atoms with Gasteiger partial charge in [0.05, 0.1) is 23.5 Å². The van der Waals surface area contributed by atoms with Crippen molar-refractivity contribution in [2.45, 2.75) is 32.1 Å². The van der Waals surface area contributed by atoms with E-state index in [0.29, 0.717) is 16.8 Å². The fourth-order valence-electron chi connectivity index (χ4n) is 3.49. The van der Waals surface area contributed by atoms with Crippen LogP contribution in [0.5, 0.6) is 0 Å². The fourth-order valence-corrected chi connectivity index (χ4v) is 4.05. The van der Waals surface area contributed by atoms with E-state index in [1.54, 1.807) is 12.1 Å². The molecule has 4 rings (SSSR count). The second-order valence-corrected chi connectivity index (χ2v) is 9.64. The van der Waals surface area contributed by atoms with E-state index in [1.165, 1.54) is 25.1 Å². The first-order valence-electron chi connectivity index (χ1n) is 10.1. The number of H-pyrrole nitrogens is 1. The summed E-state index contributed by atoms with van der Waals surface area (Å²) < 4.78 is 64.0. The van der Waals surface area contributed by atoms with Gasteiger partial charge in [0.2, 0.25) is 15.9 Å². The van der Waals surface area contributed by atoms with Crippen LogP contribution >= 0.6 is 0 Å². The van der Waals surface area contributed by atoms with Crippen LogP contribution in [0.4, 0.5) is 13.2 Å². The van der Waals surface area contributed by atoms with Gasteiger partial charge in [-0.15, -0.1) is 0 Å². The predicted octanol–water partition coefficient (Wildman–Crippen LogP) is 3.93. The highest BCUT2D eigenvalue weighted by Crippen LogP contribution is 2.45. The lowest BCUT2D eigenvalue weighted by molar-refractivity contribution is -0.116. The molecule has 1 aromatic heterocycles. The summed E-state index contributed by atoms with van der Waals surface area (Å²) in [6, 6.07) is 8.35. The number of nitrogens with two attached hydrogens (primary N) is 1. The molecule has 1 aliphatic rings. The first-order valence-corrected chi connectivity index (χ1v) is 11.8. The monoisotopic (exact) mass is 467 g/mol. The number of carbonyl (C=O) groups is 1. The van der Waals surface area contributed by atoms with Crippen molar-refractivity contribution in [3.05, 3.63) is 59.4 Å². The average molecular weight is 468 g/mol. The maximum atomic E-state index is 14.1. The minimum Gasteiger partial charge on any atom is -0.369 e. The number of hydrogen-bond donors (Lipinski definition) is 3. The molecule has 3 aromatic rings. The number of amides is 1. The second kappa shape index (κ2) is 9.74. The van der Waals surface area contributed by atoms with Crippen molar-refractivity contribution in [2.75, 3.05) is 12.3 Å². The average Bonchev–Trinajstić information content (AvgIpc) is 3.06. The summed E-state index contributed by atoms with van der Waals surface area (Å²) in [5, 5.41) is 0.599. The highest BCUT2D eigenvalue weighted by molar-refractivity contribution is 7.89. The third kappa shape index (κ3) is 5.49. The van der Waals surface area contributed by atoms with Crippen LogP contribution in [0.25, 0.3) is 22.2 Å². The van der Waals surface area contributed by atoms with Crippen LogP contribution in [0, 0.1) is 17.5 Å². The molecule has 4 N–H and O–H groups in total. The molecule has 0 unspecified atom stereocenters. The number of rotatable bonds is 6. The Hall–Kier alpha value is -2.85. The van der Waals surface area contributed by atoms with Gasteiger partial charge in [-0.05, 0) is 67.1 Å². The van der Waals surface area contributed by atoms with E-state index in [-0.39, 0.29) is 18.1 Å². The summed E-state index contributed by atoms with van der Waals surface area (Å²) in [6.07, 6.45) is 3.15. The topological polar surface area (TPSA) is 105 Å². The Morgan fingerprint density at radius 1 is 1.12 bits per heavy atom. The normalized spacial score (nSPS) is 14.0. The number of aromatic amines is 1. The molecule has 1 fully saturated rings. The molecule has 1 aliphatic carbocycles. The van der Waals surface area contributed by atoms with Crippen molar-refractivity contribution in [1.29, 1.82) is 0 Å². The van der Waals surface area contributed by atoms with Crippen LogP contribution in [0.3, 0.4) is 0 Å². The molecule has 6 nitrogen and oxygen atoms in total. The molecule has 1 saturated carbocycles. The smallest absolute Gasteiger partial charge is 0.232 e. The largest absolute Gasteiger partial charge is 0.369 e. The van der Waals surface area contributed by atoms with Gasteiger partial charge in [0.1, 0.15) is 17.5 Å². The number of benzene rings is 2. The summed E-state index contributed by atoms with van der Waals surface area (Å²) in [6.45, 7) is 1.15. The SMILES string of the molecule is CCS(=O)(=O)NCC(N)=O.Fc1ccc(-c2[nH]c3c(F)cc(F)cc3c2C2CCC2)cc1. The van der Waals surface area contributed by atoms with Gasteiger partial charge in [-0.3, -0.25) is 4.79 Å². The van der Waals surface area contributed by atoms with Crippen molar-refractivity contribution in [2.24, 2.45) is 5.73 Å². The van der Waals surface area contributed by atoms with Crippen molar-refractivity contribution < 1.29 is 26.4 Å².